The highest BCUT2D eigenvalue weighted by molar-refractivity contribution is 5.94. The van der Waals surface area contributed by atoms with Crippen LogP contribution in [-0.2, 0) is 11.2 Å². The summed E-state index contributed by atoms with van der Waals surface area (Å²) in [5.74, 6) is 2.42. The molecule has 0 spiro atoms. The summed E-state index contributed by atoms with van der Waals surface area (Å²) in [6.45, 7) is 10.0. The Morgan fingerprint density at radius 3 is 2.90 bits per heavy atom. The molecule has 1 saturated heterocycles. The van der Waals surface area contributed by atoms with Gasteiger partial charge in [0.15, 0.2) is 0 Å². The van der Waals surface area contributed by atoms with Crippen LogP contribution in [0.25, 0.3) is 0 Å². The Kier molecular flexibility index (Phi) is 9.25. The fourth-order valence-electron chi connectivity index (χ4n) is 6.58. The molecule has 0 bridgehead atoms. The van der Waals surface area contributed by atoms with Gasteiger partial charge in [-0.3, -0.25) is 24.1 Å². The molecule has 1 aromatic heterocycles. The van der Waals surface area contributed by atoms with Crippen LogP contribution in [0.2, 0.25) is 0 Å². The Labute approximate surface area is 243 Å². The molecule has 5 rings (SSSR count). The lowest BCUT2D eigenvalue weighted by Gasteiger charge is -2.30. The van der Waals surface area contributed by atoms with Gasteiger partial charge in [-0.2, -0.15) is 0 Å². The molecular formula is C32H45N7O2. The second-order valence-electron chi connectivity index (χ2n) is 11.8. The van der Waals surface area contributed by atoms with Gasteiger partial charge in [0.05, 0.1) is 12.2 Å². The first kappa shape index (κ1) is 29.1. The minimum Gasteiger partial charge on any atom is -0.384 e. The molecule has 0 radical (unpaired) electrons. The van der Waals surface area contributed by atoms with Gasteiger partial charge in [0.2, 0.25) is 0 Å². The minimum absolute atomic E-state index is 0.0286. The van der Waals surface area contributed by atoms with Crippen LogP contribution in [-0.4, -0.2) is 66.2 Å². The van der Waals surface area contributed by atoms with Crippen molar-refractivity contribution in [1.29, 1.82) is 0 Å². The number of ketones is 1. The van der Waals surface area contributed by atoms with Crippen LogP contribution < -0.4 is 21.9 Å². The fourth-order valence-corrected chi connectivity index (χ4v) is 6.58. The highest BCUT2D eigenvalue weighted by Gasteiger charge is 2.47. The van der Waals surface area contributed by atoms with Gasteiger partial charge in [0, 0.05) is 62.4 Å². The number of carbonyl (C=O) groups excluding carboxylic acids is 1. The van der Waals surface area contributed by atoms with Crippen LogP contribution >= 0.6 is 0 Å². The number of hydrogen-bond donors (Lipinski definition) is 3. The zero-order chi connectivity index (χ0) is 28.9. The number of nitrogen functional groups attached to an aromatic ring is 1. The molecule has 1 aromatic rings. The summed E-state index contributed by atoms with van der Waals surface area (Å²) in [6.07, 6.45) is 13.8. The Bertz CT molecular complexity index is 1360. The third kappa shape index (κ3) is 6.74. The number of hydrogen-bond acceptors (Lipinski definition) is 8. The molecular weight excluding hydrogens is 514 g/mol. The molecule has 220 valence electrons. The molecule has 9 nitrogen and oxygen atoms in total. The highest BCUT2D eigenvalue weighted by atomic mass is 16.1. The van der Waals surface area contributed by atoms with Gasteiger partial charge in [0.1, 0.15) is 23.6 Å². The molecule has 3 heterocycles. The van der Waals surface area contributed by atoms with Crippen molar-refractivity contribution in [2.24, 2.45) is 21.8 Å². The topological polar surface area (TPSA) is 117 Å². The van der Waals surface area contributed by atoms with E-state index in [0.717, 1.165) is 75.2 Å². The van der Waals surface area contributed by atoms with Crippen molar-refractivity contribution in [3.8, 4) is 0 Å². The molecule has 2 aliphatic heterocycles. The first-order chi connectivity index (χ1) is 19.9. The van der Waals surface area contributed by atoms with E-state index in [1.807, 2.05) is 19.1 Å². The van der Waals surface area contributed by atoms with Crippen LogP contribution in [0.3, 0.4) is 0 Å². The number of amidine groups is 1. The predicted molar refractivity (Wildman–Crippen MR) is 166 cm³/mol. The SMILES string of the molecule is CCC(N=Cc1c(C)c(CC(C)=O)c(=O)n(C2CCCC3CC32)c1N)NC1=NCC=C=C(N2CCNCC2)C/C=C\1. The maximum absolute atomic E-state index is 13.7. The zero-order valence-corrected chi connectivity index (χ0v) is 24.8. The van der Waals surface area contributed by atoms with Crippen molar-refractivity contribution in [3.05, 3.63) is 56.7 Å². The maximum atomic E-state index is 13.7. The summed E-state index contributed by atoms with van der Waals surface area (Å²) in [5, 5.41) is 6.88. The minimum atomic E-state index is -0.221. The van der Waals surface area contributed by atoms with E-state index < -0.39 is 0 Å². The average Bonchev–Trinajstić information content (AvgIpc) is 3.75. The van der Waals surface area contributed by atoms with Gasteiger partial charge < -0.3 is 21.3 Å². The van der Waals surface area contributed by atoms with Crippen LogP contribution in [0.15, 0.2) is 44.4 Å². The second kappa shape index (κ2) is 13.0. The van der Waals surface area contributed by atoms with Crippen molar-refractivity contribution < 1.29 is 4.79 Å². The lowest BCUT2D eigenvalue weighted by Crippen LogP contribution is -2.42. The van der Waals surface area contributed by atoms with Crippen molar-refractivity contribution in [2.75, 3.05) is 38.5 Å². The number of nitrogens with one attached hydrogen (secondary N) is 2. The van der Waals surface area contributed by atoms with E-state index in [1.54, 1.807) is 10.8 Å². The monoisotopic (exact) mass is 559 g/mol. The van der Waals surface area contributed by atoms with Gasteiger partial charge >= 0.3 is 0 Å². The van der Waals surface area contributed by atoms with E-state index in [4.69, 9.17) is 15.7 Å². The van der Waals surface area contributed by atoms with E-state index in [0.29, 0.717) is 29.8 Å². The van der Waals surface area contributed by atoms with Gasteiger partial charge in [-0.25, -0.2) is 0 Å². The van der Waals surface area contributed by atoms with E-state index in [1.165, 1.54) is 19.0 Å². The molecule has 4 N–H and O–H groups in total. The van der Waals surface area contributed by atoms with Crippen LogP contribution in [0, 0.1) is 18.8 Å². The smallest absolute Gasteiger partial charge is 0.256 e. The van der Waals surface area contributed by atoms with Crippen molar-refractivity contribution in [2.45, 2.75) is 77.9 Å². The number of aromatic nitrogens is 1. The van der Waals surface area contributed by atoms with Crippen LogP contribution in [0.4, 0.5) is 5.82 Å². The predicted octanol–water partition coefficient (Wildman–Crippen LogP) is 3.28. The Morgan fingerprint density at radius 2 is 2.15 bits per heavy atom. The van der Waals surface area contributed by atoms with E-state index in [2.05, 4.69) is 34.3 Å². The number of aliphatic imine (C=N–C) groups is 2. The molecule has 0 aromatic carbocycles. The average molecular weight is 560 g/mol. The number of carbonyl (C=O) groups is 1. The number of Topliss-reactive ketones (excluding diaryl/α,β-unsaturated/α-hetero) is 1. The first-order valence-electron chi connectivity index (χ1n) is 15.3. The summed E-state index contributed by atoms with van der Waals surface area (Å²) >= 11 is 0. The van der Waals surface area contributed by atoms with E-state index in [9.17, 15) is 9.59 Å². The van der Waals surface area contributed by atoms with Crippen molar-refractivity contribution in [3.63, 3.8) is 0 Å². The third-order valence-electron chi connectivity index (χ3n) is 8.96. The Hall–Kier alpha value is -3.42. The molecule has 9 heteroatoms. The normalized spacial score (nSPS) is 25.8. The molecule has 4 unspecified atom stereocenters. The molecule has 4 atom stereocenters. The number of anilines is 1. The number of pyridine rings is 1. The number of nitrogens with zero attached hydrogens (tertiary/aromatic N) is 4. The molecule has 2 saturated carbocycles. The maximum Gasteiger partial charge on any atom is 0.256 e. The van der Waals surface area contributed by atoms with Gasteiger partial charge in [-0.1, -0.05) is 25.8 Å². The van der Waals surface area contributed by atoms with Crippen LogP contribution in [0.5, 0.6) is 0 Å². The Morgan fingerprint density at radius 1 is 1.34 bits per heavy atom. The lowest BCUT2D eigenvalue weighted by atomic mass is 9.93. The molecule has 4 aliphatic rings. The van der Waals surface area contributed by atoms with Gasteiger partial charge in [0.25, 0.3) is 5.56 Å². The summed E-state index contributed by atoms with van der Waals surface area (Å²) in [5.41, 5.74) is 13.3. The molecule has 2 aliphatic carbocycles. The number of fused-ring (bicyclic) bond motifs is 1. The van der Waals surface area contributed by atoms with E-state index >= 15 is 0 Å². The van der Waals surface area contributed by atoms with Gasteiger partial charge in [-0.05, 0) is 62.7 Å². The lowest BCUT2D eigenvalue weighted by molar-refractivity contribution is -0.116. The van der Waals surface area contributed by atoms with E-state index in [-0.39, 0.29) is 30.0 Å². The summed E-state index contributed by atoms with van der Waals surface area (Å²) < 4.78 is 1.80. The van der Waals surface area contributed by atoms with Crippen molar-refractivity contribution >= 4 is 23.7 Å². The second-order valence-corrected chi connectivity index (χ2v) is 11.8. The summed E-state index contributed by atoms with van der Waals surface area (Å²) in [6, 6.07) is 0.103. The number of piperazine rings is 1. The summed E-state index contributed by atoms with van der Waals surface area (Å²) in [4.78, 5) is 37.8. The van der Waals surface area contributed by atoms with Gasteiger partial charge in [-0.15, -0.1) is 5.73 Å². The van der Waals surface area contributed by atoms with Crippen molar-refractivity contribution in [1.82, 2.24) is 20.1 Å². The standard InChI is InChI=1S/C32H45N7O2/c1-4-29(37-30-12-6-9-24(10-7-13-35-30)38-16-14-34-15-17-38)36-20-27-22(3)25(18-21(2)40)32(41)39(31(27)33)28-11-5-8-23-19-26(23)28/h6-7,12,20,23,26,28-29,34H,4-5,8-9,11,13-19,33H2,1-3H3,(H,35,37)/b12-6-,36-20?. The Balaban J connectivity index is 1.36. The highest BCUT2D eigenvalue weighted by Crippen LogP contribution is 2.55. The summed E-state index contributed by atoms with van der Waals surface area (Å²) in [7, 11) is 0. The third-order valence-corrected chi connectivity index (χ3v) is 8.96. The number of nitrogens with two attached hydrogens (primary N) is 1. The molecule has 3 fully saturated rings. The molecule has 41 heavy (non-hydrogen) atoms. The fraction of sp³-hybridized carbons (Fsp3) is 0.594. The molecule has 0 amide bonds. The first-order valence-corrected chi connectivity index (χ1v) is 15.3. The largest absolute Gasteiger partial charge is 0.384 e. The zero-order valence-electron chi connectivity index (χ0n) is 24.8. The van der Waals surface area contributed by atoms with Crippen LogP contribution in [0.1, 0.15) is 75.1 Å². The quantitative estimate of drug-likeness (QED) is 0.333. The number of rotatable bonds is 8.